The molecule has 0 amide bonds. The molecular weight excluding hydrogens is 216 g/mol. The monoisotopic (exact) mass is 228 g/mol. The van der Waals surface area contributed by atoms with E-state index in [2.05, 4.69) is 0 Å². The molecule has 0 aromatic heterocycles. The third kappa shape index (κ3) is 1.95. The van der Waals surface area contributed by atoms with Crippen LogP contribution in [0.1, 0.15) is 12.5 Å². The number of ether oxygens (including phenoxy) is 2. The molecule has 82 valence electrons. The number of hydrogen-bond donors (Lipinski definition) is 1. The molecule has 1 N–H and O–H groups in total. The Bertz CT molecular complexity index is 361. The Morgan fingerprint density at radius 3 is 2.73 bits per heavy atom. The minimum Gasteiger partial charge on any atom is -0.492 e. The lowest BCUT2D eigenvalue weighted by Gasteiger charge is -2.36. The van der Waals surface area contributed by atoms with Gasteiger partial charge in [0.05, 0.1) is 24.8 Å². The number of hydrogen-bond acceptors (Lipinski definition) is 3. The molecule has 1 aliphatic rings. The van der Waals surface area contributed by atoms with Crippen molar-refractivity contribution in [1.82, 2.24) is 0 Å². The molecule has 1 aliphatic heterocycles. The van der Waals surface area contributed by atoms with Gasteiger partial charge in [0, 0.05) is 0 Å². The zero-order valence-electron chi connectivity index (χ0n) is 8.50. The first-order valence-corrected chi connectivity index (χ1v) is 5.26. The molecule has 1 heterocycles. The Labute approximate surface area is 93.6 Å². The Morgan fingerprint density at radius 1 is 1.53 bits per heavy atom. The SMILES string of the molecule is CCOc1ccc(C2(O)COC2)cc1Cl. The summed E-state index contributed by atoms with van der Waals surface area (Å²) in [6, 6.07) is 5.33. The Kier molecular flexibility index (Phi) is 2.87. The molecule has 0 radical (unpaired) electrons. The van der Waals surface area contributed by atoms with Gasteiger partial charge in [0.15, 0.2) is 0 Å². The van der Waals surface area contributed by atoms with Gasteiger partial charge in [-0.2, -0.15) is 0 Å². The highest BCUT2D eigenvalue weighted by molar-refractivity contribution is 6.32. The van der Waals surface area contributed by atoms with Crippen LogP contribution in [0.3, 0.4) is 0 Å². The van der Waals surface area contributed by atoms with Crippen molar-refractivity contribution < 1.29 is 14.6 Å². The standard InChI is InChI=1S/C11H13ClO3/c1-2-15-10-4-3-8(5-9(10)12)11(13)6-14-7-11/h3-5,13H,2,6-7H2,1H3. The summed E-state index contributed by atoms with van der Waals surface area (Å²) in [4.78, 5) is 0. The van der Waals surface area contributed by atoms with Crippen LogP contribution in [0, 0.1) is 0 Å². The average molecular weight is 229 g/mol. The van der Waals surface area contributed by atoms with Gasteiger partial charge < -0.3 is 14.6 Å². The van der Waals surface area contributed by atoms with Gasteiger partial charge in [-0.25, -0.2) is 0 Å². The summed E-state index contributed by atoms with van der Waals surface area (Å²) in [5.74, 6) is 0.645. The van der Waals surface area contributed by atoms with E-state index in [1.165, 1.54) is 0 Å². The normalized spacial score (nSPS) is 18.3. The van der Waals surface area contributed by atoms with Crippen molar-refractivity contribution in [2.45, 2.75) is 12.5 Å². The lowest BCUT2D eigenvalue weighted by molar-refractivity contribution is -0.184. The minimum atomic E-state index is -0.867. The second kappa shape index (κ2) is 4.00. The summed E-state index contributed by atoms with van der Waals surface area (Å²) in [6.45, 7) is 3.14. The average Bonchev–Trinajstić information content (AvgIpc) is 2.18. The van der Waals surface area contributed by atoms with Crippen molar-refractivity contribution >= 4 is 11.6 Å². The second-order valence-corrected chi connectivity index (χ2v) is 4.01. The molecule has 1 saturated heterocycles. The van der Waals surface area contributed by atoms with Crippen LogP contribution in [0.25, 0.3) is 0 Å². The van der Waals surface area contributed by atoms with Gasteiger partial charge >= 0.3 is 0 Å². The molecule has 0 saturated carbocycles. The molecule has 15 heavy (non-hydrogen) atoms. The maximum Gasteiger partial charge on any atom is 0.137 e. The predicted octanol–water partition coefficient (Wildman–Crippen LogP) is 1.96. The van der Waals surface area contributed by atoms with Crippen molar-refractivity contribution in [2.24, 2.45) is 0 Å². The van der Waals surface area contributed by atoms with Gasteiger partial charge in [-0.1, -0.05) is 17.7 Å². The summed E-state index contributed by atoms with van der Waals surface area (Å²) in [6.07, 6.45) is 0. The molecule has 3 nitrogen and oxygen atoms in total. The van der Waals surface area contributed by atoms with Crippen LogP contribution in [0.15, 0.2) is 18.2 Å². The molecule has 4 heteroatoms. The summed E-state index contributed by atoms with van der Waals surface area (Å²) in [5, 5.41) is 10.5. The zero-order valence-corrected chi connectivity index (χ0v) is 9.25. The van der Waals surface area contributed by atoms with Crippen molar-refractivity contribution in [3.05, 3.63) is 28.8 Å². The van der Waals surface area contributed by atoms with Crippen molar-refractivity contribution in [1.29, 1.82) is 0 Å². The van der Waals surface area contributed by atoms with E-state index in [9.17, 15) is 5.11 Å². The van der Waals surface area contributed by atoms with Gasteiger partial charge in [-0.3, -0.25) is 0 Å². The fourth-order valence-corrected chi connectivity index (χ4v) is 1.76. The van der Waals surface area contributed by atoms with Crippen molar-refractivity contribution in [3.63, 3.8) is 0 Å². The van der Waals surface area contributed by atoms with E-state index in [0.717, 1.165) is 5.56 Å². The van der Waals surface area contributed by atoms with Crippen LogP contribution in [-0.4, -0.2) is 24.9 Å². The second-order valence-electron chi connectivity index (χ2n) is 3.60. The third-order valence-electron chi connectivity index (χ3n) is 2.45. The quantitative estimate of drug-likeness (QED) is 0.860. The highest BCUT2D eigenvalue weighted by Crippen LogP contribution is 2.34. The topological polar surface area (TPSA) is 38.7 Å². The van der Waals surface area contributed by atoms with Gasteiger partial charge in [0.2, 0.25) is 0 Å². The van der Waals surface area contributed by atoms with E-state index in [-0.39, 0.29) is 0 Å². The smallest absolute Gasteiger partial charge is 0.137 e. The fraction of sp³-hybridized carbons (Fsp3) is 0.455. The maximum atomic E-state index is 10.0. The highest BCUT2D eigenvalue weighted by atomic mass is 35.5. The predicted molar refractivity (Wildman–Crippen MR) is 57.3 cm³/mol. The molecule has 1 aromatic carbocycles. The highest BCUT2D eigenvalue weighted by Gasteiger charge is 2.38. The third-order valence-corrected chi connectivity index (χ3v) is 2.75. The molecule has 0 aliphatic carbocycles. The van der Waals surface area contributed by atoms with Gasteiger partial charge in [0.1, 0.15) is 11.4 Å². The lowest BCUT2D eigenvalue weighted by atomic mass is 9.92. The largest absolute Gasteiger partial charge is 0.492 e. The Morgan fingerprint density at radius 2 is 2.27 bits per heavy atom. The number of halogens is 1. The first kappa shape index (κ1) is 10.7. The fourth-order valence-electron chi connectivity index (χ4n) is 1.52. The summed E-state index contributed by atoms with van der Waals surface area (Å²) in [7, 11) is 0. The van der Waals surface area contributed by atoms with Crippen LogP contribution in [0.2, 0.25) is 5.02 Å². The van der Waals surface area contributed by atoms with Gasteiger partial charge in [-0.15, -0.1) is 0 Å². The molecule has 0 unspecified atom stereocenters. The van der Waals surface area contributed by atoms with Crippen molar-refractivity contribution in [3.8, 4) is 5.75 Å². The van der Waals surface area contributed by atoms with E-state index >= 15 is 0 Å². The van der Waals surface area contributed by atoms with E-state index in [0.29, 0.717) is 30.6 Å². The molecule has 0 spiro atoms. The van der Waals surface area contributed by atoms with Crippen LogP contribution in [0.5, 0.6) is 5.75 Å². The van der Waals surface area contributed by atoms with E-state index in [4.69, 9.17) is 21.1 Å². The number of aliphatic hydroxyl groups is 1. The minimum absolute atomic E-state index is 0.331. The molecule has 1 fully saturated rings. The lowest BCUT2D eigenvalue weighted by Crippen LogP contribution is -2.46. The first-order valence-electron chi connectivity index (χ1n) is 4.88. The molecule has 0 bridgehead atoms. The van der Waals surface area contributed by atoms with Crippen LogP contribution < -0.4 is 4.74 Å². The van der Waals surface area contributed by atoms with E-state index in [1.807, 2.05) is 13.0 Å². The first-order chi connectivity index (χ1) is 7.15. The molecule has 2 rings (SSSR count). The summed E-state index contributed by atoms with van der Waals surface area (Å²) in [5.41, 5.74) is -0.0869. The molecule has 0 atom stereocenters. The number of benzene rings is 1. The van der Waals surface area contributed by atoms with E-state index < -0.39 is 5.60 Å². The van der Waals surface area contributed by atoms with E-state index in [1.54, 1.807) is 12.1 Å². The Balaban J connectivity index is 2.25. The number of rotatable bonds is 3. The van der Waals surface area contributed by atoms with Gasteiger partial charge in [0.25, 0.3) is 0 Å². The summed E-state index contributed by atoms with van der Waals surface area (Å²) < 4.78 is 10.3. The maximum absolute atomic E-state index is 10.0. The van der Waals surface area contributed by atoms with Crippen molar-refractivity contribution in [2.75, 3.05) is 19.8 Å². The zero-order chi connectivity index (χ0) is 10.9. The molecular formula is C11H13ClO3. The van der Waals surface area contributed by atoms with Crippen LogP contribution in [-0.2, 0) is 10.3 Å². The van der Waals surface area contributed by atoms with Crippen LogP contribution >= 0.6 is 11.6 Å². The summed E-state index contributed by atoms with van der Waals surface area (Å²) >= 11 is 6.02. The van der Waals surface area contributed by atoms with Crippen LogP contribution in [0.4, 0.5) is 0 Å². The van der Waals surface area contributed by atoms with Gasteiger partial charge in [-0.05, 0) is 24.6 Å². The molecule has 1 aromatic rings. The Hall–Kier alpha value is -0.770.